The molecule has 14 nitrogen and oxygen atoms in total. The Kier molecular flexibility index (Phi) is 10.00. The van der Waals surface area contributed by atoms with Crippen LogP contribution in [0.1, 0.15) is 39.0 Å². The van der Waals surface area contributed by atoms with Gasteiger partial charge >= 0.3 is 17.9 Å². The fraction of sp³-hybridized carbons (Fsp3) is 0.667. The molecule has 1 rings (SSSR count). The van der Waals surface area contributed by atoms with E-state index in [1.54, 1.807) is 0 Å². The number of rotatable bonds is 12. The van der Waals surface area contributed by atoms with Crippen molar-refractivity contribution in [3.63, 3.8) is 0 Å². The van der Waals surface area contributed by atoms with E-state index in [9.17, 15) is 39.0 Å². The zero-order valence-corrected chi connectivity index (χ0v) is 17.4. The Morgan fingerprint density at radius 3 is 2.09 bits per heavy atom. The molecule has 14 heteroatoms. The zero-order valence-electron chi connectivity index (χ0n) is 17.4. The van der Waals surface area contributed by atoms with Crippen LogP contribution >= 0.6 is 0 Å². The van der Waals surface area contributed by atoms with Crippen molar-refractivity contribution in [3.8, 4) is 0 Å². The van der Waals surface area contributed by atoms with E-state index in [1.165, 1.54) is 6.92 Å². The fourth-order valence-corrected chi connectivity index (χ4v) is 3.16. The molecular weight excluding hydrogens is 432 g/mol. The molecule has 0 aliphatic carbocycles. The molecule has 0 saturated carbocycles. The molecule has 1 fully saturated rings. The Morgan fingerprint density at radius 1 is 1.00 bits per heavy atom. The lowest BCUT2D eigenvalue weighted by atomic mass is 10.1. The van der Waals surface area contributed by atoms with Gasteiger partial charge < -0.3 is 41.7 Å². The SMILES string of the molecule is CC(O)C(N)C(=O)NC(CC(=O)O)C(=O)NC(CCC(=O)O)C(=O)N1CCCC1C(=O)O. The molecule has 1 aliphatic heterocycles. The van der Waals surface area contributed by atoms with Gasteiger partial charge in [-0.3, -0.25) is 24.0 Å². The molecule has 5 atom stereocenters. The maximum Gasteiger partial charge on any atom is 0.326 e. The number of hydrogen-bond acceptors (Lipinski definition) is 8. The Morgan fingerprint density at radius 2 is 1.59 bits per heavy atom. The Hall–Kier alpha value is -3.26. The number of hydrogen-bond donors (Lipinski definition) is 7. The molecule has 0 spiro atoms. The summed E-state index contributed by atoms with van der Waals surface area (Å²) in [6.45, 7) is 1.31. The maximum absolute atomic E-state index is 12.9. The summed E-state index contributed by atoms with van der Waals surface area (Å²) in [4.78, 5) is 72.1. The summed E-state index contributed by atoms with van der Waals surface area (Å²) < 4.78 is 0. The van der Waals surface area contributed by atoms with Crippen LogP contribution in [0.25, 0.3) is 0 Å². The number of amides is 3. The van der Waals surface area contributed by atoms with Crippen molar-refractivity contribution in [1.29, 1.82) is 0 Å². The molecule has 32 heavy (non-hydrogen) atoms. The zero-order chi connectivity index (χ0) is 24.6. The van der Waals surface area contributed by atoms with Crippen molar-refractivity contribution in [1.82, 2.24) is 15.5 Å². The highest BCUT2D eigenvalue weighted by Gasteiger charge is 2.38. The highest BCUT2D eigenvalue weighted by Crippen LogP contribution is 2.19. The second kappa shape index (κ2) is 12.0. The van der Waals surface area contributed by atoms with Crippen LogP contribution in [0.5, 0.6) is 0 Å². The molecule has 3 amide bonds. The number of carbonyl (C=O) groups excluding carboxylic acids is 3. The van der Waals surface area contributed by atoms with Crippen LogP contribution in [0, 0.1) is 0 Å². The third-order valence-corrected chi connectivity index (χ3v) is 4.92. The predicted molar refractivity (Wildman–Crippen MR) is 105 cm³/mol. The van der Waals surface area contributed by atoms with E-state index in [1.807, 2.05) is 0 Å². The van der Waals surface area contributed by atoms with Gasteiger partial charge in [0.2, 0.25) is 17.7 Å². The van der Waals surface area contributed by atoms with Crippen molar-refractivity contribution in [2.24, 2.45) is 5.73 Å². The van der Waals surface area contributed by atoms with Crippen LogP contribution in [0.2, 0.25) is 0 Å². The molecule has 1 heterocycles. The van der Waals surface area contributed by atoms with E-state index in [0.717, 1.165) is 4.90 Å². The van der Waals surface area contributed by atoms with Crippen LogP contribution in [0.4, 0.5) is 0 Å². The van der Waals surface area contributed by atoms with Crippen molar-refractivity contribution < 1.29 is 49.2 Å². The molecule has 0 aromatic rings. The monoisotopic (exact) mass is 460 g/mol. The van der Waals surface area contributed by atoms with Gasteiger partial charge in [-0.2, -0.15) is 0 Å². The molecule has 0 aromatic heterocycles. The predicted octanol–water partition coefficient (Wildman–Crippen LogP) is -2.92. The molecule has 8 N–H and O–H groups in total. The Balaban J connectivity index is 3.05. The quantitative estimate of drug-likeness (QED) is 0.156. The van der Waals surface area contributed by atoms with Gasteiger partial charge in [-0.25, -0.2) is 4.79 Å². The first-order valence-electron chi connectivity index (χ1n) is 9.86. The molecule has 0 aromatic carbocycles. The molecule has 1 saturated heterocycles. The number of likely N-dealkylation sites (tertiary alicyclic amines) is 1. The summed E-state index contributed by atoms with van der Waals surface area (Å²) in [5.41, 5.74) is 5.47. The van der Waals surface area contributed by atoms with E-state index < -0.39 is 78.7 Å². The summed E-state index contributed by atoms with van der Waals surface area (Å²) >= 11 is 0. The average Bonchev–Trinajstić information content (AvgIpc) is 3.18. The highest BCUT2D eigenvalue weighted by molar-refractivity contribution is 5.96. The summed E-state index contributed by atoms with van der Waals surface area (Å²) in [6.07, 6.45) is -2.51. The van der Waals surface area contributed by atoms with Gasteiger partial charge in [0.25, 0.3) is 0 Å². The first-order valence-corrected chi connectivity index (χ1v) is 9.86. The van der Waals surface area contributed by atoms with Crippen LogP contribution in [0.15, 0.2) is 0 Å². The van der Waals surface area contributed by atoms with Crippen LogP contribution in [-0.4, -0.2) is 97.8 Å². The normalized spacial score (nSPS) is 19.3. The van der Waals surface area contributed by atoms with Gasteiger partial charge in [0.1, 0.15) is 24.2 Å². The van der Waals surface area contributed by atoms with Crippen LogP contribution in [0.3, 0.4) is 0 Å². The van der Waals surface area contributed by atoms with Gasteiger partial charge in [-0.15, -0.1) is 0 Å². The third kappa shape index (κ3) is 7.77. The second-order valence-corrected chi connectivity index (χ2v) is 7.45. The highest BCUT2D eigenvalue weighted by atomic mass is 16.4. The fourth-order valence-electron chi connectivity index (χ4n) is 3.16. The van der Waals surface area contributed by atoms with Gasteiger partial charge in [-0.05, 0) is 26.2 Å². The first-order chi connectivity index (χ1) is 14.8. The smallest absolute Gasteiger partial charge is 0.326 e. The number of carboxylic acid groups (broad SMARTS) is 3. The Labute approximate surface area is 182 Å². The van der Waals surface area contributed by atoms with Crippen molar-refractivity contribution in [2.75, 3.05) is 6.54 Å². The van der Waals surface area contributed by atoms with E-state index in [2.05, 4.69) is 10.6 Å². The number of nitrogens with two attached hydrogens (primary N) is 1. The minimum atomic E-state index is -1.68. The van der Waals surface area contributed by atoms with E-state index in [4.69, 9.17) is 15.9 Å². The lowest BCUT2D eigenvalue weighted by Gasteiger charge is -2.28. The Bertz CT molecular complexity index is 756. The van der Waals surface area contributed by atoms with E-state index >= 15 is 0 Å². The first kappa shape index (κ1) is 26.8. The van der Waals surface area contributed by atoms with E-state index in [0.29, 0.717) is 6.42 Å². The van der Waals surface area contributed by atoms with Gasteiger partial charge in [-0.1, -0.05) is 0 Å². The molecule has 0 bridgehead atoms. The third-order valence-electron chi connectivity index (χ3n) is 4.92. The molecule has 180 valence electrons. The summed E-state index contributed by atoms with van der Waals surface area (Å²) in [7, 11) is 0. The standard InChI is InChI=1S/C18H28N4O10/c1-8(23)14(19)16(29)21-10(7-13(26)27)15(28)20-9(4-5-12(24)25)17(30)22-6-2-3-11(22)18(31)32/h8-11,14,23H,2-7,19H2,1H3,(H,20,28)(H,21,29)(H,24,25)(H,26,27)(H,31,32). The van der Waals surface area contributed by atoms with Crippen LogP contribution < -0.4 is 16.4 Å². The lowest BCUT2D eigenvalue weighted by Crippen LogP contribution is -2.58. The largest absolute Gasteiger partial charge is 0.481 e. The minimum absolute atomic E-state index is 0.0910. The summed E-state index contributed by atoms with van der Waals surface area (Å²) in [5, 5.41) is 41.0. The number of aliphatic hydroxyl groups is 1. The summed E-state index contributed by atoms with van der Waals surface area (Å²) in [6, 6.07) is -5.73. The minimum Gasteiger partial charge on any atom is -0.481 e. The average molecular weight is 460 g/mol. The topological polar surface area (TPSA) is 237 Å². The molecule has 1 aliphatic rings. The lowest BCUT2D eigenvalue weighted by molar-refractivity contribution is -0.150. The van der Waals surface area contributed by atoms with E-state index in [-0.39, 0.29) is 19.4 Å². The number of nitrogens with zero attached hydrogens (tertiary/aromatic N) is 1. The molecular formula is C18H28N4O10. The summed E-state index contributed by atoms with van der Waals surface area (Å²) in [5.74, 6) is -6.93. The number of aliphatic carboxylic acids is 3. The van der Waals surface area contributed by atoms with Crippen molar-refractivity contribution >= 4 is 35.6 Å². The van der Waals surface area contributed by atoms with Gasteiger partial charge in [0.15, 0.2) is 0 Å². The molecule has 0 radical (unpaired) electrons. The maximum atomic E-state index is 12.9. The van der Waals surface area contributed by atoms with Gasteiger partial charge in [0, 0.05) is 13.0 Å². The van der Waals surface area contributed by atoms with Gasteiger partial charge in [0.05, 0.1) is 12.5 Å². The second-order valence-electron chi connectivity index (χ2n) is 7.45. The number of nitrogens with one attached hydrogen (secondary N) is 2. The molecule has 5 unspecified atom stereocenters. The number of aliphatic hydroxyl groups excluding tert-OH is 1. The van der Waals surface area contributed by atoms with Crippen LogP contribution in [-0.2, 0) is 28.8 Å². The van der Waals surface area contributed by atoms with Crippen molar-refractivity contribution in [2.45, 2.75) is 69.3 Å². The number of carbonyl (C=O) groups is 6. The number of carboxylic acids is 3. The van der Waals surface area contributed by atoms with Crippen molar-refractivity contribution in [3.05, 3.63) is 0 Å².